The Labute approximate surface area is 197 Å². The molecule has 0 bridgehead atoms. The van der Waals surface area contributed by atoms with Crippen molar-refractivity contribution >= 4 is 40.3 Å². The van der Waals surface area contributed by atoms with Crippen molar-refractivity contribution < 1.29 is 4.74 Å². The molecule has 0 amide bonds. The summed E-state index contributed by atoms with van der Waals surface area (Å²) in [5, 5.41) is 16.1. The van der Waals surface area contributed by atoms with Gasteiger partial charge in [-0.05, 0) is 54.0 Å². The average molecular weight is 467 g/mol. The molecule has 0 saturated carbocycles. The highest BCUT2D eigenvalue weighted by Gasteiger charge is 2.05. The van der Waals surface area contributed by atoms with Gasteiger partial charge in [0, 0.05) is 11.2 Å². The molecule has 0 spiro atoms. The molecule has 0 radical (unpaired) electrons. The second kappa shape index (κ2) is 10.3. The normalized spacial score (nSPS) is 10.7. The molecule has 0 fully saturated rings. The van der Waals surface area contributed by atoms with E-state index in [2.05, 4.69) is 39.9 Å². The second-order valence-electron chi connectivity index (χ2n) is 7.18. The standard InChI is InChI=1S/C23H23ClN6OS/c1-2-17-6-8-22(9-7-17)31-16-30-15-21(12-26-30)28-23(32)27-20-11-25-29(14-20)13-18-4-3-5-19(24)10-18/h3-12,14-15H,2,13,16H2,1H3,(H2,27,28,32). The Bertz CT molecular complexity index is 1190. The molecule has 2 aromatic heterocycles. The summed E-state index contributed by atoms with van der Waals surface area (Å²) in [5.41, 5.74) is 3.90. The van der Waals surface area contributed by atoms with Crippen LogP contribution in [0.15, 0.2) is 73.3 Å². The van der Waals surface area contributed by atoms with Crippen molar-refractivity contribution in [3.63, 3.8) is 0 Å². The van der Waals surface area contributed by atoms with Gasteiger partial charge in [0.25, 0.3) is 0 Å². The van der Waals surface area contributed by atoms with E-state index >= 15 is 0 Å². The predicted molar refractivity (Wildman–Crippen MR) is 131 cm³/mol. The van der Waals surface area contributed by atoms with Crippen molar-refractivity contribution in [1.82, 2.24) is 19.6 Å². The smallest absolute Gasteiger partial charge is 0.180 e. The maximum atomic E-state index is 6.04. The zero-order valence-corrected chi connectivity index (χ0v) is 19.1. The number of aryl methyl sites for hydroxylation is 1. The molecule has 0 aliphatic carbocycles. The number of benzene rings is 2. The first-order valence-corrected chi connectivity index (χ1v) is 10.9. The topological polar surface area (TPSA) is 68.9 Å². The van der Waals surface area contributed by atoms with E-state index in [4.69, 9.17) is 28.6 Å². The molecule has 2 aromatic carbocycles. The lowest BCUT2D eigenvalue weighted by Crippen LogP contribution is -2.18. The van der Waals surface area contributed by atoms with Crippen molar-refractivity contribution in [2.24, 2.45) is 0 Å². The third kappa shape index (κ3) is 6.09. The molecule has 7 nitrogen and oxygen atoms in total. The Hall–Kier alpha value is -3.36. The second-order valence-corrected chi connectivity index (χ2v) is 8.02. The number of aromatic nitrogens is 4. The first kappa shape index (κ1) is 21.9. The van der Waals surface area contributed by atoms with Crippen LogP contribution in [0.2, 0.25) is 5.02 Å². The van der Waals surface area contributed by atoms with E-state index in [0.717, 1.165) is 29.1 Å². The quantitative estimate of drug-likeness (QED) is 0.348. The van der Waals surface area contributed by atoms with Gasteiger partial charge >= 0.3 is 0 Å². The minimum absolute atomic E-state index is 0.309. The van der Waals surface area contributed by atoms with Crippen LogP contribution in [-0.2, 0) is 19.7 Å². The molecule has 0 aliphatic heterocycles. The van der Waals surface area contributed by atoms with Crippen molar-refractivity contribution in [2.45, 2.75) is 26.6 Å². The minimum Gasteiger partial charge on any atom is -0.471 e. The van der Waals surface area contributed by atoms with Gasteiger partial charge in [-0.3, -0.25) is 4.68 Å². The number of hydrogen-bond donors (Lipinski definition) is 2. The number of hydrogen-bond acceptors (Lipinski definition) is 4. The molecule has 32 heavy (non-hydrogen) atoms. The van der Waals surface area contributed by atoms with E-state index in [-0.39, 0.29) is 0 Å². The molecule has 164 valence electrons. The van der Waals surface area contributed by atoms with Gasteiger partial charge < -0.3 is 15.4 Å². The molecule has 9 heteroatoms. The lowest BCUT2D eigenvalue weighted by atomic mass is 10.2. The Morgan fingerprint density at radius 3 is 2.34 bits per heavy atom. The maximum Gasteiger partial charge on any atom is 0.180 e. The lowest BCUT2D eigenvalue weighted by molar-refractivity contribution is 0.221. The Kier molecular flexibility index (Phi) is 7.03. The van der Waals surface area contributed by atoms with E-state index in [1.165, 1.54) is 5.56 Å². The number of anilines is 2. The molecule has 2 N–H and O–H groups in total. The van der Waals surface area contributed by atoms with Crippen LogP contribution in [0.25, 0.3) is 0 Å². The number of nitrogens with one attached hydrogen (secondary N) is 2. The van der Waals surface area contributed by atoms with E-state index in [9.17, 15) is 0 Å². The number of thiocarbonyl (C=S) groups is 1. The predicted octanol–water partition coefficient (Wildman–Crippen LogP) is 5.19. The van der Waals surface area contributed by atoms with Crippen LogP contribution in [-0.4, -0.2) is 24.7 Å². The Morgan fingerprint density at radius 2 is 1.66 bits per heavy atom. The third-order valence-corrected chi connectivity index (χ3v) is 5.15. The molecule has 0 aliphatic rings. The molecule has 0 saturated heterocycles. The van der Waals surface area contributed by atoms with Gasteiger partial charge in [0.15, 0.2) is 11.8 Å². The largest absolute Gasteiger partial charge is 0.471 e. The molecule has 4 rings (SSSR count). The lowest BCUT2D eigenvalue weighted by Gasteiger charge is -2.07. The zero-order chi connectivity index (χ0) is 22.3. The summed E-state index contributed by atoms with van der Waals surface area (Å²) in [5.74, 6) is 0.805. The van der Waals surface area contributed by atoms with E-state index in [1.54, 1.807) is 17.1 Å². The van der Waals surface area contributed by atoms with Crippen molar-refractivity contribution in [2.75, 3.05) is 10.6 Å². The van der Waals surface area contributed by atoms with Crippen LogP contribution in [0, 0.1) is 0 Å². The molecule has 0 unspecified atom stereocenters. The van der Waals surface area contributed by atoms with Gasteiger partial charge in [-0.15, -0.1) is 0 Å². The van der Waals surface area contributed by atoms with Crippen LogP contribution in [0.4, 0.5) is 11.4 Å². The maximum absolute atomic E-state index is 6.04. The fourth-order valence-electron chi connectivity index (χ4n) is 3.09. The number of halogens is 1. The van der Waals surface area contributed by atoms with Gasteiger partial charge in [0.05, 0.1) is 36.5 Å². The van der Waals surface area contributed by atoms with Crippen LogP contribution < -0.4 is 15.4 Å². The van der Waals surface area contributed by atoms with Gasteiger partial charge in [-0.1, -0.05) is 42.8 Å². The SMILES string of the molecule is CCc1ccc(OCn2cc(NC(=S)Nc3cnn(Cc4cccc(Cl)c4)c3)cn2)cc1. The third-order valence-electron chi connectivity index (χ3n) is 4.71. The Balaban J connectivity index is 1.26. The van der Waals surface area contributed by atoms with E-state index < -0.39 is 0 Å². The molecule has 0 atom stereocenters. The highest BCUT2D eigenvalue weighted by atomic mass is 35.5. The van der Waals surface area contributed by atoms with Crippen molar-refractivity contribution in [1.29, 1.82) is 0 Å². The Morgan fingerprint density at radius 1 is 0.969 bits per heavy atom. The summed E-state index contributed by atoms with van der Waals surface area (Å²) >= 11 is 11.4. The van der Waals surface area contributed by atoms with Gasteiger partial charge in [0.2, 0.25) is 0 Å². The highest BCUT2D eigenvalue weighted by molar-refractivity contribution is 7.80. The van der Waals surface area contributed by atoms with E-state index in [0.29, 0.717) is 23.4 Å². The summed E-state index contributed by atoms with van der Waals surface area (Å²) in [4.78, 5) is 0. The van der Waals surface area contributed by atoms with Gasteiger partial charge in [0.1, 0.15) is 5.75 Å². The first-order valence-electron chi connectivity index (χ1n) is 10.2. The monoisotopic (exact) mass is 466 g/mol. The van der Waals surface area contributed by atoms with Crippen molar-refractivity contribution in [3.8, 4) is 5.75 Å². The molecule has 2 heterocycles. The van der Waals surface area contributed by atoms with Crippen LogP contribution >= 0.6 is 23.8 Å². The highest BCUT2D eigenvalue weighted by Crippen LogP contribution is 2.15. The number of rotatable bonds is 8. The van der Waals surface area contributed by atoms with Gasteiger partial charge in [-0.2, -0.15) is 10.2 Å². The average Bonchev–Trinajstić information content (AvgIpc) is 3.42. The van der Waals surface area contributed by atoms with Crippen LogP contribution in [0.5, 0.6) is 5.75 Å². The zero-order valence-electron chi connectivity index (χ0n) is 17.5. The first-order chi connectivity index (χ1) is 15.6. The molecule has 4 aromatic rings. The molecular formula is C23H23ClN6OS. The fraction of sp³-hybridized carbons (Fsp3) is 0.174. The minimum atomic E-state index is 0.309. The van der Waals surface area contributed by atoms with Gasteiger partial charge in [-0.25, -0.2) is 4.68 Å². The van der Waals surface area contributed by atoms with E-state index in [1.807, 2.05) is 53.5 Å². The summed E-state index contributed by atoms with van der Waals surface area (Å²) in [6, 6.07) is 15.8. The summed E-state index contributed by atoms with van der Waals surface area (Å²) in [6.07, 6.45) is 8.14. The summed E-state index contributed by atoms with van der Waals surface area (Å²) in [6.45, 7) is 3.06. The van der Waals surface area contributed by atoms with Crippen LogP contribution in [0.3, 0.4) is 0 Å². The molecular weight excluding hydrogens is 444 g/mol. The summed E-state index contributed by atoms with van der Waals surface area (Å²) < 4.78 is 9.28. The number of nitrogens with zero attached hydrogens (tertiary/aromatic N) is 4. The van der Waals surface area contributed by atoms with Crippen LogP contribution in [0.1, 0.15) is 18.1 Å². The summed E-state index contributed by atoms with van der Waals surface area (Å²) in [7, 11) is 0. The fourth-order valence-corrected chi connectivity index (χ4v) is 3.54. The van der Waals surface area contributed by atoms with Crippen molar-refractivity contribution in [3.05, 3.63) is 89.5 Å². The number of ether oxygens (including phenoxy) is 1.